The van der Waals surface area contributed by atoms with Gasteiger partial charge in [0.2, 0.25) is 0 Å². The van der Waals surface area contributed by atoms with Gasteiger partial charge in [0.25, 0.3) is 0 Å². The predicted octanol–water partition coefficient (Wildman–Crippen LogP) is 1.90. The van der Waals surface area contributed by atoms with Gasteiger partial charge in [0.1, 0.15) is 6.04 Å². The smallest absolute Gasteiger partial charge is 0.325 e. The lowest BCUT2D eigenvalue weighted by Crippen LogP contribution is -2.28. The Balaban J connectivity index is 2.10. The molecule has 0 fully saturated rings. The summed E-state index contributed by atoms with van der Waals surface area (Å²) in [5.41, 5.74) is 2.73. The molecule has 20 heavy (non-hydrogen) atoms. The van der Waals surface area contributed by atoms with Crippen molar-refractivity contribution in [2.75, 3.05) is 0 Å². The van der Waals surface area contributed by atoms with Crippen LogP contribution in [0.2, 0.25) is 0 Å². The number of aryl methyl sites for hydroxylation is 2. The summed E-state index contributed by atoms with van der Waals surface area (Å²) >= 11 is 0. The Hall–Kier alpha value is -2.14. The number of nitrogens with zero attached hydrogens (tertiary/aromatic N) is 2. The highest BCUT2D eigenvalue weighted by Crippen LogP contribution is 2.14. The van der Waals surface area contributed by atoms with Gasteiger partial charge >= 0.3 is 5.97 Å². The number of carbonyl (C=O) groups is 1. The molecule has 1 atom stereocenters. The number of benzene rings is 1. The van der Waals surface area contributed by atoms with Crippen molar-refractivity contribution in [3.63, 3.8) is 0 Å². The molecular formula is C15H19N3O2. The van der Waals surface area contributed by atoms with Gasteiger partial charge in [-0.2, -0.15) is 5.10 Å². The van der Waals surface area contributed by atoms with Gasteiger partial charge in [0, 0.05) is 13.6 Å². The number of carboxylic acids is 1. The zero-order chi connectivity index (χ0) is 14.5. The lowest BCUT2D eigenvalue weighted by atomic mass is 10.1. The largest absolute Gasteiger partial charge is 0.480 e. The molecule has 1 aromatic carbocycles. The molecule has 1 heterocycles. The van der Waals surface area contributed by atoms with E-state index in [1.54, 1.807) is 4.68 Å². The standard InChI is InChI=1S/C15H19N3O2/c1-3-12-9-13(18(2)17-12)10-16-14(15(19)20)11-7-5-4-6-8-11/h4-9,14,16H,3,10H2,1-2H3,(H,19,20). The van der Waals surface area contributed by atoms with E-state index in [0.717, 1.165) is 23.4 Å². The number of hydrogen-bond acceptors (Lipinski definition) is 3. The first-order valence-electron chi connectivity index (χ1n) is 6.64. The van der Waals surface area contributed by atoms with Gasteiger partial charge in [-0.3, -0.25) is 14.8 Å². The first kappa shape index (κ1) is 14.3. The molecule has 2 rings (SSSR count). The minimum absolute atomic E-state index is 0.468. The van der Waals surface area contributed by atoms with Crippen LogP contribution in [0, 0.1) is 0 Å². The Labute approximate surface area is 118 Å². The average molecular weight is 273 g/mol. The number of rotatable bonds is 6. The van der Waals surface area contributed by atoms with E-state index in [2.05, 4.69) is 10.4 Å². The predicted molar refractivity (Wildman–Crippen MR) is 76.2 cm³/mol. The Morgan fingerprint density at radius 2 is 2.10 bits per heavy atom. The minimum atomic E-state index is -0.880. The van der Waals surface area contributed by atoms with E-state index >= 15 is 0 Å². The Bertz CT molecular complexity index is 578. The number of aliphatic carboxylic acids is 1. The zero-order valence-electron chi connectivity index (χ0n) is 11.7. The summed E-state index contributed by atoms with van der Waals surface area (Å²) < 4.78 is 1.79. The van der Waals surface area contributed by atoms with E-state index in [-0.39, 0.29) is 0 Å². The maximum Gasteiger partial charge on any atom is 0.325 e. The molecule has 1 aromatic heterocycles. The molecule has 2 aromatic rings. The lowest BCUT2D eigenvalue weighted by Gasteiger charge is -2.14. The Morgan fingerprint density at radius 1 is 1.40 bits per heavy atom. The van der Waals surface area contributed by atoms with Crippen molar-refractivity contribution in [2.24, 2.45) is 7.05 Å². The summed E-state index contributed by atoms with van der Waals surface area (Å²) in [7, 11) is 1.87. The lowest BCUT2D eigenvalue weighted by molar-refractivity contribution is -0.139. The topological polar surface area (TPSA) is 67.2 Å². The van der Waals surface area contributed by atoms with Crippen LogP contribution >= 0.6 is 0 Å². The molecule has 5 nitrogen and oxygen atoms in total. The third-order valence-electron chi connectivity index (χ3n) is 3.26. The van der Waals surface area contributed by atoms with Crippen molar-refractivity contribution in [3.05, 3.63) is 53.3 Å². The van der Waals surface area contributed by atoms with Gasteiger partial charge in [0.15, 0.2) is 0 Å². The average Bonchev–Trinajstić information content (AvgIpc) is 2.81. The summed E-state index contributed by atoms with van der Waals surface area (Å²) in [6, 6.07) is 10.5. The van der Waals surface area contributed by atoms with Crippen LogP contribution in [0.25, 0.3) is 0 Å². The maximum atomic E-state index is 11.4. The highest BCUT2D eigenvalue weighted by atomic mass is 16.4. The summed E-state index contributed by atoms with van der Waals surface area (Å²) in [6.45, 7) is 2.51. The molecule has 0 aliphatic carbocycles. The van der Waals surface area contributed by atoms with Gasteiger partial charge in [-0.15, -0.1) is 0 Å². The Kier molecular flexibility index (Phi) is 4.53. The zero-order valence-corrected chi connectivity index (χ0v) is 11.7. The number of carboxylic acid groups (broad SMARTS) is 1. The molecule has 0 radical (unpaired) electrons. The van der Waals surface area contributed by atoms with Gasteiger partial charge in [0.05, 0.1) is 11.4 Å². The van der Waals surface area contributed by atoms with E-state index in [1.165, 1.54) is 0 Å². The second-order valence-corrected chi connectivity index (χ2v) is 4.67. The van der Waals surface area contributed by atoms with E-state index in [9.17, 15) is 9.90 Å². The van der Waals surface area contributed by atoms with Crippen molar-refractivity contribution in [3.8, 4) is 0 Å². The monoisotopic (exact) mass is 273 g/mol. The molecule has 0 bridgehead atoms. The highest BCUT2D eigenvalue weighted by molar-refractivity contribution is 5.75. The van der Waals surface area contributed by atoms with Crippen LogP contribution < -0.4 is 5.32 Å². The molecule has 0 amide bonds. The molecule has 0 saturated heterocycles. The number of nitrogens with one attached hydrogen (secondary N) is 1. The third kappa shape index (κ3) is 3.24. The van der Waals surface area contributed by atoms with E-state index < -0.39 is 12.0 Å². The molecule has 106 valence electrons. The minimum Gasteiger partial charge on any atom is -0.480 e. The van der Waals surface area contributed by atoms with Crippen molar-refractivity contribution in [1.29, 1.82) is 0 Å². The van der Waals surface area contributed by atoms with Crippen LogP contribution in [-0.2, 0) is 24.8 Å². The summed E-state index contributed by atoms with van der Waals surface area (Å²) in [4.78, 5) is 11.4. The molecular weight excluding hydrogens is 254 g/mol. The summed E-state index contributed by atoms with van der Waals surface area (Å²) in [5, 5.41) is 16.8. The fraction of sp³-hybridized carbons (Fsp3) is 0.333. The number of aromatic nitrogens is 2. The fourth-order valence-corrected chi connectivity index (χ4v) is 2.11. The SMILES string of the molecule is CCc1cc(CNC(C(=O)O)c2ccccc2)n(C)n1. The molecule has 2 N–H and O–H groups in total. The van der Waals surface area contributed by atoms with Crippen molar-refractivity contribution in [1.82, 2.24) is 15.1 Å². The van der Waals surface area contributed by atoms with Crippen molar-refractivity contribution < 1.29 is 9.90 Å². The maximum absolute atomic E-state index is 11.4. The van der Waals surface area contributed by atoms with Crippen LogP contribution in [0.1, 0.15) is 29.9 Å². The Morgan fingerprint density at radius 3 is 2.65 bits per heavy atom. The van der Waals surface area contributed by atoms with Crippen LogP contribution in [0.3, 0.4) is 0 Å². The van der Waals surface area contributed by atoms with Crippen LogP contribution in [0.4, 0.5) is 0 Å². The van der Waals surface area contributed by atoms with E-state index in [0.29, 0.717) is 6.54 Å². The van der Waals surface area contributed by atoms with Gasteiger partial charge in [-0.25, -0.2) is 0 Å². The van der Waals surface area contributed by atoms with Crippen molar-refractivity contribution >= 4 is 5.97 Å². The second-order valence-electron chi connectivity index (χ2n) is 4.67. The van der Waals surface area contributed by atoms with Crippen LogP contribution in [0.5, 0.6) is 0 Å². The number of hydrogen-bond donors (Lipinski definition) is 2. The van der Waals surface area contributed by atoms with Crippen LogP contribution in [0.15, 0.2) is 36.4 Å². The molecule has 0 aliphatic rings. The first-order valence-corrected chi connectivity index (χ1v) is 6.64. The van der Waals surface area contributed by atoms with E-state index in [1.807, 2.05) is 50.4 Å². The van der Waals surface area contributed by atoms with Crippen molar-refractivity contribution in [2.45, 2.75) is 25.9 Å². The first-order chi connectivity index (χ1) is 9.61. The fourth-order valence-electron chi connectivity index (χ4n) is 2.11. The normalized spacial score (nSPS) is 12.3. The molecule has 0 spiro atoms. The van der Waals surface area contributed by atoms with Crippen LogP contribution in [-0.4, -0.2) is 20.9 Å². The highest BCUT2D eigenvalue weighted by Gasteiger charge is 2.19. The second kappa shape index (κ2) is 6.34. The summed E-state index contributed by atoms with van der Waals surface area (Å²) in [6.07, 6.45) is 0.870. The van der Waals surface area contributed by atoms with Gasteiger partial charge < -0.3 is 5.11 Å². The molecule has 0 aliphatic heterocycles. The third-order valence-corrected chi connectivity index (χ3v) is 3.26. The van der Waals surface area contributed by atoms with Gasteiger partial charge in [-0.05, 0) is 18.1 Å². The molecule has 5 heteroatoms. The van der Waals surface area contributed by atoms with Gasteiger partial charge in [-0.1, -0.05) is 37.3 Å². The molecule has 1 unspecified atom stereocenters. The molecule has 0 saturated carbocycles. The van der Waals surface area contributed by atoms with E-state index in [4.69, 9.17) is 0 Å². The quantitative estimate of drug-likeness (QED) is 0.843. The summed E-state index contributed by atoms with van der Waals surface area (Å²) in [5.74, 6) is -0.880.